The minimum atomic E-state index is 0.846. The summed E-state index contributed by atoms with van der Waals surface area (Å²) >= 11 is 1.30. The Morgan fingerprint density at radius 2 is 2.25 bits per heavy atom. The fraction of sp³-hybridized carbons (Fsp3) is 0.400. The number of benzene rings is 1. The van der Waals surface area contributed by atoms with Crippen molar-refractivity contribution < 1.29 is 4.74 Å². The molecule has 0 aliphatic carbocycles. The summed E-state index contributed by atoms with van der Waals surface area (Å²) < 4.78 is 6.91. The van der Waals surface area contributed by atoms with E-state index in [0.29, 0.717) is 0 Å². The Morgan fingerprint density at radius 3 is 2.92 bits per heavy atom. The van der Waals surface area contributed by atoms with Crippen molar-refractivity contribution >= 4 is 28.0 Å². The molecule has 0 amide bonds. The molecule has 0 fully saturated rings. The molecule has 0 heterocycles. The zero-order chi connectivity index (χ0) is 8.81. The predicted octanol–water partition coefficient (Wildman–Crippen LogP) is 1.66. The van der Waals surface area contributed by atoms with E-state index in [2.05, 4.69) is 25.1 Å². The average Bonchev–Trinajstić information content (AvgIpc) is 2.05. The molecule has 0 aliphatic rings. The van der Waals surface area contributed by atoms with Crippen LogP contribution in [0.2, 0.25) is 0 Å². The van der Waals surface area contributed by atoms with Crippen LogP contribution in [0.3, 0.4) is 0 Å². The van der Waals surface area contributed by atoms with Gasteiger partial charge in [0, 0.05) is 0 Å². The molecule has 0 spiro atoms. The van der Waals surface area contributed by atoms with Crippen molar-refractivity contribution in [2.24, 2.45) is 0 Å². The second kappa shape index (κ2) is 5.53. The van der Waals surface area contributed by atoms with Crippen LogP contribution < -0.4 is 8.01 Å². The molecule has 0 atom stereocenters. The van der Waals surface area contributed by atoms with Crippen LogP contribution in [-0.2, 0) is 0 Å². The molecule has 0 aromatic heterocycles. The van der Waals surface area contributed by atoms with Crippen molar-refractivity contribution in [1.82, 2.24) is 0 Å². The standard InChI is InChI=1S/C10H13O.Bi/c1-2-3-9-11-10-7-5-4-6-8-10;/h4-5,7-8H,2-3,9H2,1H3;. The maximum absolute atomic E-state index is 5.54. The molecule has 0 unspecified atom stereocenters. The summed E-state index contributed by atoms with van der Waals surface area (Å²) in [6.07, 6.45) is 2.34. The normalized spacial score (nSPS) is 9.83. The van der Waals surface area contributed by atoms with E-state index >= 15 is 0 Å². The minimum absolute atomic E-state index is 0.846. The first-order valence-electron chi connectivity index (χ1n) is 4.24. The predicted molar refractivity (Wildman–Crippen MR) is 52.2 cm³/mol. The molecule has 2 heteroatoms. The number of hydrogen-bond donors (Lipinski definition) is 0. The summed E-state index contributed by atoms with van der Waals surface area (Å²) in [7, 11) is 0. The van der Waals surface area contributed by atoms with E-state index in [1.54, 1.807) is 0 Å². The van der Waals surface area contributed by atoms with Crippen LogP contribution in [0.15, 0.2) is 24.3 Å². The summed E-state index contributed by atoms with van der Waals surface area (Å²) in [5.74, 6) is 1.02. The van der Waals surface area contributed by atoms with E-state index in [-0.39, 0.29) is 0 Å². The number of unbranched alkanes of at least 4 members (excludes halogenated alkanes) is 1. The Kier molecular flexibility index (Phi) is 4.60. The Morgan fingerprint density at radius 1 is 1.42 bits per heavy atom. The van der Waals surface area contributed by atoms with Gasteiger partial charge >= 0.3 is 89.1 Å². The first-order valence-corrected chi connectivity index (χ1v) is 5.98. The zero-order valence-corrected chi connectivity index (χ0v) is 10.8. The fourth-order valence-electron chi connectivity index (χ4n) is 0.908. The van der Waals surface area contributed by atoms with E-state index in [1.165, 1.54) is 34.4 Å². The molecule has 0 bridgehead atoms. The molecule has 0 aliphatic heterocycles. The van der Waals surface area contributed by atoms with E-state index < -0.39 is 0 Å². The first kappa shape index (κ1) is 9.99. The molecule has 1 nitrogen and oxygen atoms in total. The van der Waals surface area contributed by atoms with E-state index in [1.807, 2.05) is 6.07 Å². The third kappa shape index (κ3) is 3.53. The van der Waals surface area contributed by atoms with E-state index in [9.17, 15) is 0 Å². The monoisotopic (exact) mass is 358 g/mol. The number of ether oxygens (including phenoxy) is 1. The van der Waals surface area contributed by atoms with Gasteiger partial charge in [0.15, 0.2) is 0 Å². The Hall–Kier alpha value is -0.0969. The second-order valence-corrected chi connectivity index (χ2v) is 4.71. The van der Waals surface area contributed by atoms with Gasteiger partial charge in [0.25, 0.3) is 0 Å². The molecule has 2 radical (unpaired) electrons. The van der Waals surface area contributed by atoms with Crippen LogP contribution in [-0.4, -0.2) is 31.3 Å². The molecule has 12 heavy (non-hydrogen) atoms. The van der Waals surface area contributed by atoms with E-state index in [0.717, 1.165) is 18.8 Å². The van der Waals surface area contributed by atoms with Gasteiger partial charge in [-0.2, -0.15) is 0 Å². The third-order valence-electron chi connectivity index (χ3n) is 1.58. The average molecular weight is 358 g/mol. The number of rotatable bonds is 4. The molecule has 0 saturated carbocycles. The zero-order valence-electron chi connectivity index (χ0n) is 7.29. The molecular weight excluding hydrogens is 345 g/mol. The van der Waals surface area contributed by atoms with Gasteiger partial charge in [-0.1, -0.05) is 0 Å². The van der Waals surface area contributed by atoms with Crippen LogP contribution in [0.1, 0.15) is 19.8 Å². The van der Waals surface area contributed by atoms with Gasteiger partial charge in [0.2, 0.25) is 0 Å². The van der Waals surface area contributed by atoms with Crippen LogP contribution in [0, 0.1) is 0 Å². The molecule has 1 aromatic rings. The Balaban J connectivity index is 2.41. The van der Waals surface area contributed by atoms with Crippen LogP contribution in [0.25, 0.3) is 0 Å². The fourth-order valence-corrected chi connectivity index (χ4v) is 1.74. The maximum atomic E-state index is 5.54. The van der Waals surface area contributed by atoms with Gasteiger partial charge in [-0.05, 0) is 0 Å². The van der Waals surface area contributed by atoms with Crippen molar-refractivity contribution in [2.75, 3.05) is 6.61 Å². The molecule has 64 valence electrons. The van der Waals surface area contributed by atoms with Gasteiger partial charge in [-0.3, -0.25) is 0 Å². The van der Waals surface area contributed by atoms with Gasteiger partial charge in [0.05, 0.1) is 0 Å². The molecule has 1 rings (SSSR count). The van der Waals surface area contributed by atoms with Crippen LogP contribution >= 0.6 is 0 Å². The van der Waals surface area contributed by atoms with Crippen molar-refractivity contribution in [3.63, 3.8) is 0 Å². The summed E-state index contributed by atoms with van der Waals surface area (Å²) in [5, 5.41) is 0. The Bertz CT molecular complexity index is 235. The van der Waals surface area contributed by atoms with Gasteiger partial charge in [-0.15, -0.1) is 0 Å². The van der Waals surface area contributed by atoms with Crippen molar-refractivity contribution in [3.05, 3.63) is 24.3 Å². The SMILES string of the molecule is CCCCOc1ccc[c]([Bi])c1. The number of hydrogen-bond acceptors (Lipinski definition) is 1. The second-order valence-electron chi connectivity index (χ2n) is 2.70. The molecular formula is C10H13BiO. The van der Waals surface area contributed by atoms with Crippen LogP contribution in [0.4, 0.5) is 0 Å². The summed E-state index contributed by atoms with van der Waals surface area (Å²) in [6, 6.07) is 8.31. The molecule has 0 saturated heterocycles. The van der Waals surface area contributed by atoms with Crippen molar-refractivity contribution in [3.8, 4) is 5.75 Å². The van der Waals surface area contributed by atoms with Gasteiger partial charge < -0.3 is 0 Å². The van der Waals surface area contributed by atoms with Crippen molar-refractivity contribution in [2.45, 2.75) is 19.8 Å². The summed E-state index contributed by atoms with van der Waals surface area (Å²) in [5.41, 5.74) is 0. The van der Waals surface area contributed by atoms with E-state index in [4.69, 9.17) is 4.74 Å². The van der Waals surface area contributed by atoms with Crippen LogP contribution in [0.5, 0.6) is 5.75 Å². The Labute approximate surface area is 89.0 Å². The van der Waals surface area contributed by atoms with Crippen molar-refractivity contribution in [1.29, 1.82) is 0 Å². The van der Waals surface area contributed by atoms with Gasteiger partial charge in [0.1, 0.15) is 0 Å². The summed E-state index contributed by atoms with van der Waals surface area (Å²) in [4.78, 5) is 0. The third-order valence-corrected chi connectivity index (χ3v) is 2.67. The summed E-state index contributed by atoms with van der Waals surface area (Å²) in [6.45, 7) is 3.02. The van der Waals surface area contributed by atoms with Gasteiger partial charge in [-0.25, -0.2) is 0 Å². The molecule has 1 aromatic carbocycles. The first-order chi connectivity index (χ1) is 5.83. The quantitative estimate of drug-likeness (QED) is 0.588. The topological polar surface area (TPSA) is 9.23 Å². The molecule has 0 N–H and O–H groups in total.